The molecule has 0 aromatic heterocycles. The van der Waals surface area contributed by atoms with Crippen LogP contribution in [0, 0.1) is 6.92 Å². The van der Waals surface area contributed by atoms with Gasteiger partial charge in [-0.25, -0.2) is 4.79 Å². The number of nitrogens with zero attached hydrogens (tertiary/aromatic N) is 1. The van der Waals surface area contributed by atoms with Gasteiger partial charge in [0, 0.05) is 17.2 Å². The van der Waals surface area contributed by atoms with Gasteiger partial charge in [-0.05, 0) is 24.6 Å². The van der Waals surface area contributed by atoms with Gasteiger partial charge in [-0.2, -0.15) is 0 Å². The van der Waals surface area contributed by atoms with E-state index in [0.29, 0.717) is 5.69 Å². The zero-order chi connectivity index (χ0) is 13.0. The minimum Gasteiger partial charge on any atom is -0.465 e. The lowest BCUT2D eigenvalue weighted by Gasteiger charge is -2.13. The van der Waals surface area contributed by atoms with E-state index >= 15 is 0 Å². The average molecular weight is 301 g/mol. The van der Waals surface area contributed by atoms with E-state index in [1.807, 2.05) is 19.1 Å². The molecule has 0 aliphatic heterocycles. The average Bonchev–Trinajstić information content (AvgIpc) is 2.23. The Kier molecular flexibility index (Phi) is 4.51. The van der Waals surface area contributed by atoms with Crippen molar-refractivity contribution in [1.82, 2.24) is 4.90 Å². The summed E-state index contributed by atoms with van der Waals surface area (Å²) in [4.78, 5) is 23.0. The Morgan fingerprint density at radius 1 is 1.47 bits per heavy atom. The summed E-state index contributed by atoms with van der Waals surface area (Å²) in [6.07, 6.45) is -1.13. The van der Waals surface area contributed by atoms with Crippen LogP contribution in [0.15, 0.2) is 22.7 Å². The monoisotopic (exact) mass is 300 g/mol. The fourth-order valence-electron chi connectivity index (χ4n) is 1.20. The molecular weight excluding hydrogens is 288 g/mol. The smallest absolute Gasteiger partial charge is 0.407 e. The zero-order valence-electron chi connectivity index (χ0n) is 9.53. The highest BCUT2D eigenvalue weighted by Gasteiger charge is 2.11. The van der Waals surface area contributed by atoms with Crippen LogP contribution in [0.1, 0.15) is 5.56 Å². The van der Waals surface area contributed by atoms with Crippen molar-refractivity contribution in [3.63, 3.8) is 0 Å². The van der Waals surface area contributed by atoms with Gasteiger partial charge >= 0.3 is 6.09 Å². The molecule has 0 aliphatic carbocycles. The second kappa shape index (κ2) is 5.67. The lowest BCUT2D eigenvalue weighted by Crippen LogP contribution is -2.33. The molecule has 1 aromatic rings. The first kappa shape index (κ1) is 13.5. The van der Waals surface area contributed by atoms with Crippen LogP contribution in [0.25, 0.3) is 0 Å². The third-order valence-electron chi connectivity index (χ3n) is 2.18. The van der Waals surface area contributed by atoms with Crippen molar-refractivity contribution in [2.45, 2.75) is 6.92 Å². The normalized spacial score (nSPS) is 9.82. The second-order valence-electron chi connectivity index (χ2n) is 3.65. The van der Waals surface area contributed by atoms with Crippen molar-refractivity contribution >= 4 is 33.6 Å². The Bertz CT molecular complexity index is 448. The highest BCUT2D eigenvalue weighted by molar-refractivity contribution is 9.10. The van der Waals surface area contributed by atoms with E-state index in [4.69, 9.17) is 5.11 Å². The number of nitrogens with one attached hydrogen (secondary N) is 1. The van der Waals surface area contributed by atoms with E-state index in [1.165, 1.54) is 7.05 Å². The van der Waals surface area contributed by atoms with Crippen LogP contribution in [0.5, 0.6) is 0 Å². The summed E-state index contributed by atoms with van der Waals surface area (Å²) in [5.74, 6) is -0.365. The van der Waals surface area contributed by atoms with Crippen LogP contribution in [0.4, 0.5) is 10.5 Å². The number of amides is 2. The molecule has 0 bridgehead atoms. The molecule has 92 valence electrons. The van der Waals surface area contributed by atoms with Gasteiger partial charge in [-0.15, -0.1) is 0 Å². The molecule has 5 nitrogen and oxygen atoms in total. The largest absolute Gasteiger partial charge is 0.465 e. The quantitative estimate of drug-likeness (QED) is 0.900. The number of likely N-dealkylation sites (N-methyl/N-ethyl adjacent to an activating group) is 1. The van der Waals surface area contributed by atoms with Gasteiger partial charge in [0.1, 0.15) is 6.54 Å². The Hall–Kier alpha value is -1.56. The van der Waals surface area contributed by atoms with Crippen LogP contribution < -0.4 is 5.32 Å². The first-order chi connectivity index (χ1) is 7.90. The molecule has 0 atom stereocenters. The predicted molar refractivity (Wildman–Crippen MR) is 68.2 cm³/mol. The van der Waals surface area contributed by atoms with E-state index in [2.05, 4.69) is 21.2 Å². The van der Waals surface area contributed by atoms with Crippen molar-refractivity contribution in [3.8, 4) is 0 Å². The van der Waals surface area contributed by atoms with Crippen molar-refractivity contribution < 1.29 is 14.7 Å². The molecule has 0 saturated carbocycles. The summed E-state index contributed by atoms with van der Waals surface area (Å²) in [6, 6.07) is 5.50. The van der Waals surface area contributed by atoms with Crippen LogP contribution in [-0.2, 0) is 4.79 Å². The van der Waals surface area contributed by atoms with Crippen LogP contribution in [0.2, 0.25) is 0 Å². The number of halogens is 1. The number of benzene rings is 1. The number of anilines is 1. The Balaban J connectivity index is 2.68. The fourth-order valence-corrected chi connectivity index (χ4v) is 1.56. The van der Waals surface area contributed by atoms with Crippen LogP contribution >= 0.6 is 15.9 Å². The lowest BCUT2D eigenvalue weighted by molar-refractivity contribution is -0.116. The Labute approximate surface area is 108 Å². The van der Waals surface area contributed by atoms with Crippen molar-refractivity contribution in [3.05, 3.63) is 28.2 Å². The van der Waals surface area contributed by atoms with Crippen molar-refractivity contribution in [2.24, 2.45) is 0 Å². The molecule has 2 amide bonds. The molecule has 2 N–H and O–H groups in total. The summed E-state index contributed by atoms with van der Waals surface area (Å²) in [5, 5.41) is 11.3. The molecule has 0 fully saturated rings. The SMILES string of the molecule is Cc1ccc(Br)cc1NC(=O)CN(C)C(=O)O. The predicted octanol–water partition coefficient (Wildman–Crippen LogP) is 2.31. The molecule has 0 saturated heterocycles. The minimum atomic E-state index is -1.13. The Morgan fingerprint density at radius 2 is 2.12 bits per heavy atom. The number of carbonyl (C=O) groups excluding carboxylic acids is 1. The molecule has 0 spiro atoms. The van der Waals surface area contributed by atoms with Gasteiger partial charge in [0.15, 0.2) is 0 Å². The maximum Gasteiger partial charge on any atom is 0.407 e. The number of aryl methyl sites for hydroxylation is 1. The number of hydrogen-bond acceptors (Lipinski definition) is 2. The standard InChI is InChI=1S/C11H13BrN2O3/c1-7-3-4-8(12)5-9(7)13-10(15)6-14(2)11(16)17/h3-5H,6H2,1-2H3,(H,13,15)(H,16,17). The summed E-state index contributed by atoms with van der Waals surface area (Å²) in [6.45, 7) is 1.67. The summed E-state index contributed by atoms with van der Waals surface area (Å²) in [5.41, 5.74) is 1.59. The highest BCUT2D eigenvalue weighted by atomic mass is 79.9. The molecule has 0 heterocycles. The topological polar surface area (TPSA) is 69.6 Å². The van der Waals surface area contributed by atoms with E-state index < -0.39 is 6.09 Å². The maximum absolute atomic E-state index is 11.6. The van der Waals surface area contributed by atoms with Gasteiger partial charge in [-0.1, -0.05) is 22.0 Å². The zero-order valence-corrected chi connectivity index (χ0v) is 11.1. The van der Waals surface area contributed by atoms with Crippen LogP contribution in [0.3, 0.4) is 0 Å². The maximum atomic E-state index is 11.6. The minimum absolute atomic E-state index is 0.193. The van der Waals surface area contributed by atoms with Gasteiger partial charge in [0.2, 0.25) is 5.91 Å². The van der Waals surface area contributed by atoms with E-state index in [0.717, 1.165) is 14.9 Å². The van der Waals surface area contributed by atoms with Gasteiger partial charge in [0.25, 0.3) is 0 Å². The van der Waals surface area contributed by atoms with Gasteiger partial charge < -0.3 is 15.3 Å². The third-order valence-corrected chi connectivity index (χ3v) is 2.67. The van der Waals surface area contributed by atoms with E-state index in [1.54, 1.807) is 6.07 Å². The Morgan fingerprint density at radius 3 is 2.71 bits per heavy atom. The molecule has 0 aliphatic rings. The fraction of sp³-hybridized carbons (Fsp3) is 0.273. The molecule has 0 radical (unpaired) electrons. The summed E-state index contributed by atoms with van der Waals surface area (Å²) < 4.78 is 0.852. The summed E-state index contributed by atoms with van der Waals surface area (Å²) >= 11 is 3.30. The third kappa shape index (κ3) is 4.07. The first-order valence-electron chi connectivity index (χ1n) is 4.90. The number of hydrogen-bond donors (Lipinski definition) is 2. The molecule has 0 unspecified atom stereocenters. The van der Waals surface area contributed by atoms with Gasteiger partial charge in [-0.3, -0.25) is 4.79 Å². The van der Waals surface area contributed by atoms with Crippen LogP contribution in [-0.4, -0.2) is 35.6 Å². The van der Waals surface area contributed by atoms with Crippen molar-refractivity contribution in [2.75, 3.05) is 18.9 Å². The van der Waals surface area contributed by atoms with Crippen molar-refractivity contribution in [1.29, 1.82) is 0 Å². The first-order valence-corrected chi connectivity index (χ1v) is 5.69. The van der Waals surface area contributed by atoms with E-state index in [9.17, 15) is 9.59 Å². The lowest BCUT2D eigenvalue weighted by atomic mass is 10.2. The van der Waals surface area contributed by atoms with Gasteiger partial charge in [0.05, 0.1) is 0 Å². The number of carbonyl (C=O) groups is 2. The molecule has 1 rings (SSSR count). The molecular formula is C11H13BrN2O3. The molecule has 17 heavy (non-hydrogen) atoms. The second-order valence-corrected chi connectivity index (χ2v) is 4.56. The number of carboxylic acid groups (broad SMARTS) is 1. The molecule has 1 aromatic carbocycles. The van der Waals surface area contributed by atoms with E-state index in [-0.39, 0.29) is 12.5 Å². The summed E-state index contributed by atoms with van der Waals surface area (Å²) in [7, 11) is 1.34. The number of rotatable bonds is 3. The highest BCUT2D eigenvalue weighted by Crippen LogP contribution is 2.20. The molecule has 6 heteroatoms.